The first-order valence-electron chi connectivity index (χ1n) is 6.74. The second kappa shape index (κ2) is 6.20. The van der Waals surface area contributed by atoms with E-state index in [2.05, 4.69) is 0 Å². The molecule has 0 saturated carbocycles. The predicted octanol–water partition coefficient (Wildman–Crippen LogP) is 3.75. The lowest BCUT2D eigenvalue weighted by Crippen LogP contribution is -2.29. The van der Waals surface area contributed by atoms with Gasteiger partial charge >= 0.3 is 6.18 Å². The number of hydrogen-bond donors (Lipinski definition) is 0. The van der Waals surface area contributed by atoms with E-state index < -0.39 is 11.7 Å². The number of ether oxygens (including phenoxy) is 1. The molecule has 2 rings (SSSR count). The Balaban J connectivity index is 2.19. The smallest absolute Gasteiger partial charge is 0.416 e. The lowest BCUT2D eigenvalue weighted by Gasteiger charge is -2.20. The Hall–Kier alpha value is -1.98. The van der Waals surface area contributed by atoms with Crippen molar-refractivity contribution in [2.45, 2.75) is 25.9 Å². The molecule has 0 fully saturated rings. The fourth-order valence-electron chi connectivity index (χ4n) is 2.20. The van der Waals surface area contributed by atoms with Crippen molar-refractivity contribution in [3.8, 4) is 0 Å². The standard InChI is InChI=1S/C15H16F3NO2/c1-2-21-13-4-3-9-19(14(20)10-13)12-7-5-11(6-8-12)15(16,17)18/h5-8,10H,2-4,9H2,1H3. The molecule has 0 aliphatic carbocycles. The SMILES string of the molecule is CCOC1=CC(=O)N(c2ccc(C(F)(F)F)cc2)CCC1. The minimum atomic E-state index is -4.37. The lowest BCUT2D eigenvalue weighted by molar-refractivity contribution is -0.137. The van der Waals surface area contributed by atoms with E-state index in [1.807, 2.05) is 6.92 Å². The molecule has 1 heterocycles. The lowest BCUT2D eigenvalue weighted by atomic mass is 10.2. The van der Waals surface area contributed by atoms with Crippen LogP contribution in [0.2, 0.25) is 0 Å². The molecule has 0 unspecified atom stereocenters. The van der Waals surface area contributed by atoms with Crippen molar-refractivity contribution in [3.05, 3.63) is 41.7 Å². The number of carbonyl (C=O) groups is 1. The molecule has 0 radical (unpaired) electrons. The Morgan fingerprint density at radius 3 is 2.48 bits per heavy atom. The summed E-state index contributed by atoms with van der Waals surface area (Å²) in [6, 6.07) is 4.61. The quantitative estimate of drug-likeness (QED) is 0.850. The van der Waals surface area contributed by atoms with Crippen LogP contribution in [-0.2, 0) is 15.7 Å². The van der Waals surface area contributed by atoms with Crippen LogP contribution in [0, 0.1) is 0 Å². The number of amides is 1. The van der Waals surface area contributed by atoms with E-state index in [1.54, 1.807) is 0 Å². The molecule has 1 aliphatic rings. The van der Waals surface area contributed by atoms with Crippen LogP contribution in [0.15, 0.2) is 36.1 Å². The van der Waals surface area contributed by atoms with Gasteiger partial charge < -0.3 is 9.64 Å². The highest BCUT2D eigenvalue weighted by Gasteiger charge is 2.30. The summed E-state index contributed by atoms with van der Waals surface area (Å²) in [4.78, 5) is 13.6. The molecule has 0 atom stereocenters. The molecule has 0 saturated heterocycles. The first-order chi connectivity index (χ1) is 9.91. The van der Waals surface area contributed by atoms with Gasteiger partial charge in [0.15, 0.2) is 0 Å². The highest BCUT2D eigenvalue weighted by Crippen LogP contribution is 2.31. The zero-order valence-corrected chi connectivity index (χ0v) is 11.6. The summed E-state index contributed by atoms with van der Waals surface area (Å²) in [5, 5.41) is 0. The molecule has 1 aromatic carbocycles. The summed E-state index contributed by atoms with van der Waals surface area (Å²) >= 11 is 0. The van der Waals surface area contributed by atoms with Crippen LogP contribution in [-0.4, -0.2) is 19.1 Å². The highest BCUT2D eigenvalue weighted by atomic mass is 19.4. The molecular formula is C15H16F3NO2. The minimum absolute atomic E-state index is 0.268. The maximum atomic E-state index is 12.5. The van der Waals surface area contributed by atoms with Crippen molar-refractivity contribution in [2.75, 3.05) is 18.1 Å². The summed E-state index contributed by atoms with van der Waals surface area (Å²) in [6.45, 7) is 2.78. The van der Waals surface area contributed by atoms with Crippen molar-refractivity contribution in [2.24, 2.45) is 0 Å². The van der Waals surface area contributed by atoms with Crippen molar-refractivity contribution >= 4 is 11.6 Å². The monoisotopic (exact) mass is 299 g/mol. The second-order valence-corrected chi connectivity index (χ2v) is 4.68. The summed E-state index contributed by atoms with van der Waals surface area (Å²) in [5.74, 6) is 0.354. The van der Waals surface area contributed by atoms with Gasteiger partial charge in [-0.2, -0.15) is 13.2 Å². The number of benzene rings is 1. The summed E-state index contributed by atoms with van der Waals surface area (Å²) in [6.07, 6.45) is -1.60. The zero-order chi connectivity index (χ0) is 15.5. The topological polar surface area (TPSA) is 29.5 Å². The van der Waals surface area contributed by atoms with Gasteiger partial charge in [-0.1, -0.05) is 0 Å². The number of hydrogen-bond acceptors (Lipinski definition) is 2. The van der Waals surface area contributed by atoms with Gasteiger partial charge in [0.25, 0.3) is 5.91 Å². The van der Waals surface area contributed by atoms with Crippen molar-refractivity contribution in [3.63, 3.8) is 0 Å². The third-order valence-corrected chi connectivity index (χ3v) is 3.19. The molecule has 0 N–H and O–H groups in total. The number of alkyl halides is 3. The summed E-state index contributed by atoms with van der Waals surface area (Å²) in [7, 11) is 0. The largest absolute Gasteiger partial charge is 0.498 e. The van der Waals surface area contributed by atoms with Crippen LogP contribution in [0.1, 0.15) is 25.3 Å². The molecule has 0 bridgehead atoms. The van der Waals surface area contributed by atoms with E-state index in [1.165, 1.54) is 23.1 Å². The van der Waals surface area contributed by atoms with Crippen LogP contribution in [0.25, 0.3) is 0 Å². The summed E-state index contributed by atoms with van der Waals surface area (Å²) in [5.41, 5.74) is -0.263. The molecule has 0 aromatic heterocycles. The van der Waals surface area contributed by atoms with E-state index >= 15 is 0 Å². The van der Waals surface area contributed by atoms with Gasteiger partial charge in [0.05, 0.1) is 12.2 Å². The average Bonchev–Trinajstić information content (AvgIpc) is 2.60. The fourth-order valence-corrected chi connectivity index (χ4v) is 2.20. The van der Waals surface area contributed by atoms with E-state index in [-0.39, 0.29) is 5.91 Å². The zero-order valence-electron chi connectivity index (χ0n) is 11.6. The minimum Gasteiger partial charge on any atom is -0.498 e. The molecule has 6 heteroatoms. The van der Waals surface area contributed by atoms with Gasteiger partial charge in [0.2, 0.25) is 0 Å². The van der Waals surface area contributed by atoms with E-state index in [4.69, 9.17) is 4.74 Å². The number of rotatable bonds is 3. The van der Waals surface area contributed by atoms with Crippen LogP contribution in [0.4, 0.5) is 18.9 Å². The van der Waals surface area contributed by atoms with Crippen molar-refractivity contribution in [1.82, 2.24) is 0 Å². The van der Waals surface area contributed by atoms with Gasteiger partial charge in [-0.05, 0) is 37.6 Å². The van der Waals surface area contributed by atoms with Crippen LogP contribution < -0.4 is 4.90 Å². The summed E-state index contributed by atoms with van der Waals surface area (Å²) < 4.78 is 42.9. The number of nitrogens with zero attached hydrogens (tertiary/aromatic N) is 1. The third kappa shape index (κ3) is 3.77. The van der Waals surface area contributed by atoms with Crippen LogP contribution in [0.5, 0.6) is 0 Å². The molecule has 3 nitrogen and oxygen atoms in total. The first-order valence-corrected chi connectivity index (χ1v) is 6.74. The third-order valence-electron chi connectivity index (χ3n) is 3.19. The normalized spacial score (nSPS) is 16.5. The molecular weight excluding hydrogens is 283 g/mol. The number of carbonyl (C=O) groups excluding carboxylic acids is 1. The first kappa shape index (κ1) is 15.4. The maximum absolute atomic E-state index is 12.5. The molecule has 114 valence electrons. The van der Waals surface area contributed by atoms with Crippen molar-refractivity contribution < 1.29 is 22.7 Å². The molecule has 0 spiro atoms. The van der Waals surface area contributed by atoms with Gasteiger partial charge in [0, 0.05) is 24.7 Å². The fraction of sp³-hybridized carbons (Fsp3) is 0.400. The van der Waals surface area contributed by atoms with Crippen molar-refractivity contribution in [1.29, 1.82) is 0 Å². The Morgan fingerprint density at radius 2 is 1.90 bits per heavy atom. The average molecular weight is 299 g/mol. The Labute approximate surface area is 121 Å². The van der Waals surface area contributed by atoms with Gasteiger partial charge in [0.1, 0.15) is 5.76 Å². The van der Waals surface area contributed by atoms with Crippen LogP contribution in [0.3, 0.4) is 0 Å². The Morgan fingerprint density at radius 1 is 1.24 bits per heavy atom. The van der Waals surface area contributed by atoms with E-state index in [0.717, 1.165) is 12.1 Å². The van der Waals surface area contributed by atoms with Gasteiger partial charge in [-0.3, -0.25) is 4.79 Å². The number of anilines is 1. The van der Waals surface area contributed by atoms with Crippen LogP contribution >= 0.6 is 0 Å². The predicted molar refractivity (Wildman–Crippen MR) is 72.7 cm³/mol. The number of allylic oxidation sites excluding steroid dienone is 1. The Bertz CT molecular complexity index is 535. The molecule has 21 heavy (non-hydrogen) atoms. The van der Waals surface area contributed by atoms with E-state index in [9.17, 15) is 18.0 Å². The Kier molecular flexibility index (Phi) is 4.55. The maximum Gasteiger partial charge on any atom is 0.416 e. The van der Waals surface area contributed by atoms with Gasteiger partial charge in [-0.25, -0.2) is 0 Å². The molecule has 1 aliphatic heterocycles. The highest BCUT2D eigenvalue weighted by molar-refractivity contribution is 6.01. The number of halogens is 3. The second-order valence-electron chi connectivity index (χ2n) is 4.68. The van der Waals surface area contributed by atoms with Gasteiger partial charge in [-0.15, -0.1) is 0 Å². The molecule has 1 amide bonds. The van der Waals surface area contributed by atoms with E-state index in [0.29, 0.717) is 37.4 Å². The molecule has 1 aromatic rings.